The lowest BCUT2D eigenvalue weighted by Crippen LogP contribution is -2.52. The van der Waals surface area contributed by atoms with E-state index >= 15 is 0 Å². The van der Waals surface area contributed by atoms with Crippen molar-refractivity contribution in [1.82, 2.24) is 15.0 Å². The average Bonchev–Trinajstić information content (AvgIpc) is 3.15. The van der Waals surface area contributed by atoms with Crippen LogP contribution in [0.2, 0.25) is 0 Å². The number of amides is 2. The molecule has 144 valence electrons. The van der Waals surface area contributed by atoms with E-state index in [9.17, 15) is 9.59 Å². The van der Waals surface area contributed by atoms with Crippen LogP contribution in [0.4, 0.5) is 0 Å². The number of carbonyl (C=O) groups excluding carboxylic acids is 2. The third-order valence-corrected chi connectivity index (χ3v) is 5.61. The van der Waals surface area contributed by atoms with Gasteiger partial charge in [0.1, 0.15) is 11.3 Å². The maximum atomic E-state index is 13.2. The summed E-state index contributed by atoms with van der Waals surface area (Å²) in [5, 5.41) is 4.00. The molecule has 3 heterocycles. The number of piperidine rings is 1. The lowest BCUT2D eigenvalue weighted by molar-refractivity contribution is -0.146. The highest BCUT2D eigenvalue weighted by atomic mass is 16.5. The van der Waals surface area contributed by atoms with Crippen LogP contribution in [-0.4, -0.2) is 52.9 Å². The van der Waals surface area contributed by atoms with Crippen LogP contribution in [0.15, 0.2) is 4.52 Å². The van der Waals surface area contributed by atoms with Gasteiger partial charge in [-0.05, 0) is 38.0 Å². The first-order valence-electron chi connectivity index (χ1n) is 9.71. The Morgan fingerprint density at radius 3 is 2.65 bits per heavy atom. The van der Waals surface area contributed by atoms with Crippen molar-refractivity contribution in [3.63, 3.8) is 0 Å². The Hall–Kier alpha value is -1.85. The van der Waals surface area contributed by atoms with E-state index in [1.54, 1.807) is 6.92 Å². The van der Waals surface area contributed by atoms with Crippen molar-refractivity contribution in [2.75, 3.05) is 26.2 Å². The summed E-state index contributed by atoms with van der Waals surface area (Å²) in [6.45, 7) is 13.0. The molecule has 6 nitrogen and oxygen atoms in total. The minimum absolute atomic E-state index is 0.0433. The van der Waals surface area contributed by atoms with Gasteiger partial charge in [0.25, 0.3) is 5.91 Å². The van der Waals surface area contributed by atoms with Crippen LogP contribution in [-0.2, 0) is 11.2 Å². The van der Waals surface area contributed by atoms with Gasteiger partial charge in [0, 0.05) is 26.2 Å². The summed E-state index contributed by atoms with van der Waals surface area (Å²) in [7, 11) is 0. The Labute approximate surface area is 155 Å². The molecule has 0 unspecified atom stereocenters. The highest BCUT2D eigenvalue weighted by molar-refractivity contribution is 5.97. The van der Waals surface area contributed by atoms with Gasteiger partial charge >= 0.3 is 0 Å². The smallest absolute Gasteiger partial charge is 0.259 e. The SMILES string of the molecule is CCc1noc(C)c1C(=O)N1CC[C@]2(CCCN(CC(C)(C)C)C2=O)C1. The molecule has 0 bridgehead atoms. The number of aromatic nitrogens is 1. The number of rotatable bonds is 3. The van der Waals surface area contributed by atoms with Gasteiger partial charge in [-0.3, -0.25) is 9.59 Å². The highest BCUT2D eigenvalue weighted by Crippen LogP contribution is 2.41. The topological polar surface area (TPSA) is 66.7 Å². The van der Waals surface area contributed by atoms with Crippen LogP contribution in [0, 0.1) is 17.8 Å². The van der Waals surface area contributed by atoms with Crippen molar-refractivity contribution >= 4 is 11.8 Å². The molecule has 0 aromatic carbocycles. The fourth-order valence-electron chi connectivity index (χ4n) is 4.39. The first kappa shape index (κ1) is 18.9. The Bertz CT molecular complexity index is 704. The molecule has 2 aliphatic heterocycles. The van der Waals surface area contributed by atoms with Crippen molar-refractivity contribution in [3.05, 3.63) is 17.0 Å². The van der Waals surface area contributed by atoms with Gasteiger partial charge in [-0.15, -0.1) is 0 Å². The van der Waals surface area contributed by atoms with E-state index in [4.69, 9.17) is 4.52 Å². The van der Waals surface area contributed by atoms with E-state index < -0.39 is 5.41 Å². The molecule has 3 rings (SSSR count). The summed E-state index contributed by atoms with van der Waals surface area (Å²) in [4.78, 5) is 30.1. The largest absolute Gasteiger partial charge is 0.361 e. The summed E-state index contributed by atoms with van der Waals surface area (Å²) in [6.07, 6.45) is 3.30. The van der Waals surface area contributed by atoms with Crippen molar-refractivity contribution in [1.29, 1.82) is 0 Å². The lowest BCUT2D eigenvalue weighted by Gasteiger charge is -2.41. The van der Waals surface area contributed by atoms with Crippen LogP contribution >= 0.6 is 0 Å². The van der Waals surface area contributed by atoms with E-state index in [1.807, 2.05) is 16.7 Å². The minimum Gasteiger partial charge on any atom is -0.361 e. The molecule has 2 saturated heterocycles. The third-order valence-electron chi connectivity index (χ3n) is 5.61. The Morgan fingerprint density at radius 2 is 2.00 bits per heavy atom. The maximum absolute atomic E-state index is 13.2. The molecule has 1 aromatic heterocycles. The van der Waals surface area contributed by atoms with Gasteiger partial charge in [-0.2, -0.15) is 0 Å². The van der Waals surface area contributed by atoms with Crippen LogP contribution in [0.3, 0.4) is 0 Å². The van der Waals surface area contributed by atoms with E-state index in [0.717, 1.165) is 32.4 Å². The number of hydrogen-bond donors (Lipinski definition) is 0. The van der Waals surface area contributed by atoms with Gasteiger partial charge in [-0.25, -0.2) is 0 Å². The first-order valence-corrected chi connectivity index (χ1v) is 9.71. The fourth-order valence-corrected chi connectivity index (χ4v) is 4.39. The summed E-state index contributed by atoms with van der Waals surface area (Å²) in [5.74, 6) is 0.752. The quantitative estimate of drug-likeness (QED) is 0.830. The standard InChI is InChI=1S/C20H31N3O3/c1-6-15-16(14(2)26-21-15)17(24)22-11-9-20(13-22)8-7-10-23(18(20)25)12-19(3,4)5/h6-13H2,1-5H3/t20-/m1/s1. The first-order chi connectivity index (χ1) is 12.2. The Balaban J connectivity index is 1.77. The molecule has 2 amide bonds. The Morgan fingerprint density at radius 1 is 1.27 bits per heavy atom. The van der Waals surface area contributed by atoms with Gasteiger partial charge in [0.05, 0.1) is 11.1 Å². The van der Waals surface area contributed by atoms with Crippen molar-refractivity contribution in [3.8, 4) is 0 Å². The van der Waals surface area contributed by atoms with Crippen LogP contribution in [0.25, 0.3) is 0 Å². The molecule has 2 aliphatic rings. The molecule has 1 atom stereocenters. The van der Waals surface area contributed by atoms with Gasteiger partial charge < -0.3 is 14.3 Å². The van der Waals surface area contributed by atoms with Crippen molar-refractivity contribution in [2.45, 2.75) is 60.3 Å². The zero-order chi connectivity index (χ0) is 19.1. The fraction of sp³-hybridized carbons (Fsp3) is 0.750. The summed E-state index contributed by atoms with van der Waals surface area (Å²) >= 11 is 0. The van der Waals surface area contributed by atoms with Crippen molar-refractivity contribution in [2.24, 2.45) is 10.8 Å². The third kappa shape index (κ3) is 3.38. The monoisotopic (exact) mass is 361 g/mol. The molecule has 0 radical (unpaired) electrons. The molecular weight excluding hydrogens is 330 g/mol. The maximum Gasteiger partial charge on any atom is 0.259 e. The molecule has 0 saturated carbocycles. The van der Waals surface area contributed by atoms with E-state index in [1.165, 1.54) is 0 Å². The van der Waals surface area contributed by atoms with Crippen molar-refractivity contribution < 1.29 is 14.1 Å². The van der Waals surface area contributed by atoms with Gasteiger partial charge in [0.2, 0.25) is 5.91 Å². The predicted octanol–water partition coefficient (Wildman–Crippen LogP) is 3.05. The molecule has 1 aromatic rings. The zero-order valence-electron chi connectivity index (χ0n) is 16.7. The molecule has 2 fully saturated rings. The summed E-state index contributed by atoms with van der Waals surface area (Å²) in [6, 6.07) is 0. The van der Waals surface area contributed by atoms with E-state index in [0.29, 0.717) is 36.5 Å². The molecule has 26 heavy (non-hydrogen) atoms. The molecule has 6 heteroatoms. The van der Waals surface area contributed by atoms with E-state index in [2.05, 4.69) is 25.9 Å². The normalized spacial score (nSPS) is 24.0. The predicted molar refractivity (Wildman–Crippen MR) is 98.8 cm³/mol. The Kier molecular flexibility index (Phi) is 4.88. The lowest BCUT2D eigenvalue weighted by atomic mass is 9.77. The number of nitrogens with zero attached hydrogens (tertiary/aromatic N) is 3. The second-order valence-electron chi connectivity index (χ2n) is 9.06. The number of hydrogen-bond acceptors (Lipinski definition) is 4. The highest BCUT2D eigenvalue weighted by Gasteiger charge is 2.50. The minimum atomic E-state index is -0.406. The van der Waals surface area contributed by atoms with Gasteiger partial charge in [0.15, 0.2) is 0 Å². The number of aryl methyl sites for hydroxylation is 2. The molecule has 1 spiro atoms. The zero-order valence-corrected chi connectivity index (χ0v) is 16.7. The second kappa shape index (κ2) is 6.71. The average molecular weight is 361 g/mol. The number of likely N-dealkylation sites (tertiary alicyclic amines) is 2. The summed E-state index contributed by atoms with van der Waals surface area (Å²) < 4.78 is 5.22. The second-order valence-corrected chi connectivity index (χ2v) is 9.06. The van der Waals surface area contributed by atoms with Crippen LogP contribution in [0.1, 0.15) is 68.8 Å². The van der Waals surface area contributed by atoms with Crippen LogP contribution in [0.5, 0.6) is 0 Å². The van der Waals surface area contributed by atoms with Gasteiger partial charge in [-0.1, -0.05) is 32.9 Å². The summed E-state index contributed by atoms with van der Waals surface area (Å²) in [5.41, 5.74) is 0.964. The molecule has 0 aliphatic carbocycles. The van der Waals surface area contributed by atoms with Crippen LogP contribution < -0.4 is 0 Å². The van der Waals surface area contributed by atoms with E-state index in [-0.39, 0.29) is 17.2 Å². The molecular formula is C20H31N3O3. The number of carbonyl (C=O) groups is 2. The molecule has 0 N–H and O–H groups in total.